The highest BCUT2D eigenvalue weighted by Gasteiger charge is 2.14. The summed E-state index contributed by atoms with van der Waals surface area (Å²) in [7, 11) is 0. The Bertz CT molecular complexity index is 2560. The second-order valence-electron chi connectivity index (χ2n) is 11.7. The summed E-state index contributed by atoms with van der Waals surface area (Å²) >= 11 is 0. The van der Waals surface area contributed by atoms with Gasteiger partial charge in [0.1, 0.15) is 0 Å². The van der Waals surface area contributed by atoms with Gasteiger partial charge in [0.25, 0.3) is 0 Å². The van der Waals surface area contributed by atoms with E-state index >= 15 is 0 Å². The summed E-state index contributed by atoms with van der Waals surface area (Å²) in [5, 5.41) is 5.76. The van der Waals surface area contributed by atoms with Gasteiger partial charge in [-0.2, -0.15) is 0 Å². The molecule has 0 atom stereocenters. The van der Waals surface area contributed by atoms with E-state index in [1.807, 2.05) is 18.3 Å². The Kier molecular flexibility index (Phi) is 6.14. The molecule has 9 aromatic rings. The predicted molar refractivity (Wildman–Crippen MR) is 192 cm³/mol. The molecule has 0 unspecified atom stereocenters. The zero-order chi connectivity index (χ0) is 30.5. The molecule has 0 amide bonds. The largest absolute Gasteiger partial charge is 0.254 e. The molecule has 0 saturated carbocycles. The highest BCUT2D eigenvalue weighted by molar-refractivity contribution is 6.14. The number of benzene rings is 6. The van der Waals surface area contributed by atoms with E-state index in [1.165, 1.54) is 38.4 Å². The van der Waals surface area contributed by atoms with Crippen molar-refractivity contribution in [3.63, 3.8) is 0 Å². The van der Waals surface area contributed by atoms with E-state index in [1.54, 1.807) is 0 Å². The Morgan fingerprint density at radius 1 is 0.370 bits per heavy atom. The highest BCUT2D eigenvalue weighted by atomic mass is 14.8. The van der Waals surface area contributed by atoms with Crippen LogP contribution in [0.25, 0.3) is 88.2 Å². The lowest BCUT2D eigenvalue weighted by molar-refractivity contribution is 1.37. The Labute approximate surface area is 266 Å². The summed E-state index contributed by atoms with van der Waals surface area (Å²) in [5.41, 5.74) is 11.7. The zero-order valence-electron chi connectivity index (χ0n) is 24.9. The van der Waals surface area contributed by atoms with Crippen LogP contribution in [0.15, 0.2) is 164 Å². The second kappa shape index (κ2) is 10.8. The van der Waals surface area contributed by atoms with Gasteiger partial charge in [0.2, 0.25) is 0 Å². The predicted octanol–water partition coefficient (Wildman–Crippen LogP) is 11.2. The molecule has 0 N–H and O–H groups in total. The summed E-state index contributed by atoms with van der Waals surface area (Å²) in [6.45, 7) is 0. The van der Waals surface area contributed by atoms with Crippen molar-refractivity contribution in [3.05, 3.63) is 164 Å². The standard InChI is InChI=1S/C43H27N3/c1-3-8-29(9-4-1)37-27-40(30-10-5-2-6-11-30)45-39-24-21-35-26-34(19-22-36(35)41(37)39)28-13-15-31(16-14-28)38-23-20-33-18-17-32-12-7-25-44-42(32)43(33)46-38/h1-27H. The van der Waals surface area contributed by atoms with Gasteiger partial charge in [-0.1, -0.05) is 127 Å². The van der Waals surface area contributed by atoms with Crippen molar-refractivity contribution in [3.8, 4) is 44.8 Å². The van der Waals surface area contributed by atoms with Gasteiger partial charge in [-0.15, -0.1) is 0 Å². The number of aromatic nitrogens is 3. The van der Waals surface area contributed by atoms with Gasteiger partial charge in [-0.25, -0.2) is 9.97 Å². The van der Waals surface area contributed by atoms with Crippen LogP contribution in [-0.2, 0) is 0 Å². The zero-order valence-corrected chi connectivity index (χ0v) is 24.9. The van der Waals surface area contributed by atoms with Gasteiger partial charge in [0, 0.05) is 33.5 Å². The summed E-state index contributed by atoms with van der Waals surface area (Å²) in [6.07, 6.45) is 1.83. The van der Waals surface area contributed by atoms with Gasteiger partial charge >= 0.3 is 0 Å². The Balaban J connectivity index is 1.12. The number of rotatable bonds is 4. The average Bonchev–Trinajstić information content (AvgIpc) is 3.14. The van der Waals surface area contributed by atoms with Crippen LogP contribution in [0.3, 0.4) is 0 Å². The molecule has 6 aromatic carbocycles. The summed E-state index contributed by atoms with van der Waals surface area (Å²) in [4.78, 5) is 14.8. The molecule has 0 spiro atoms. The lowest BCUT2D eigenvalue weighted by atomic mass is 9.93. The quantitative estimate of drug-likeness (QED) is 0.193. The fourth-order valence-corrected chi connectivity index (χ4v) is 6.57. The Morgan fingerprint density at radius 2 is 1.02 bits per heavy atom. The first-order valence-corrected chi connectivity index (χ1v) is 15.5. The third-order valence-corrected chi connectivity index (χ3v) is 8.89. The van der Waals surface area contributed by atoms with Crippen molar-refractivity contribution in [1.82, 2.24) is 15.0 Å². The molecule has 0 saturated heterocycles. The molecular formula is C43H27N3. The molecule has 214 valence electrons. The van der Waals surface area contributed by atoms with Crippen LogP contribution in [0, 0.1) is 0 Å². The molecule has 3 heterocycles. The van der Waals surface area contributed by atoms with Gasteiger partial charge in [-0.05, 0) is 63.4 Å². The van der Waals surface area contributed by atoms with Crippen LogP contribution in [0.5, 0.6) is 0 Å². The molecule has 3 aromatic heterocycles. The van der Waals surface area contributed by atoms with E-state index in [0.717, 1.165) is 49.8 Å². The van der Waals surface area contributed by atoms with Crippen LogP contribution >= 0.6 is 0 Å². The van der Waals surface area contributed by atoms with Gasteiger partial charge in [0.15, 0.2) is 0 Å². The number of fused-ring (bicyclic) bond motifs is 6. The van der Waals surface area contributed by atoms with Crippen LogP contribution in [0.2, 0.25) is 0 Å². The van der Waals surface area contributed by atoms with E-state index in [0.29, 0.717) is 0 Å². The summed E-state index contributed by atoms with van der Waals surface area (Å²) in [5.74, 6) is 0. The van der Waals surface area contributed by atoms with Crippen molar-refractivity contribution >= 4 is 43.5 Å². The average molecular weight is 586 g/mol. The normalized spacial score (nSPS) is 11.5. The fraction of sp³-hybridized carbons (Fsp3) is 0. The molecule has 3 heteroatoms. The fourth-order valence-electron chi connectivity index (χ4n) is 6.57. The lowest BCUT2D eigenvalue weighted by Gasteiger charge is -2.14. The molecule has 0 aliphatic carbocycles. The number of pyridine rings is 3. The first-order valence-electron chi connectivity index (χ1n) is 15.5. The summed E-state index contributed by atoms with van der Waals surface area (Å²) in [6, 6.07) is 55.6. The van der Waals surface area contributed by atoms with E-state index in [2.05, 4.69) is 151 Å². The van der Waals surface area contributed by atoms with E-state index < -0.39 is 0 Å². The second-order valence-corrected chi connectivity index (χ2v) is 11.7. The molecule has 0 fully saturated rings. The minimum absolute atomic E-state index is 0.932. The molecule has 46 heavy (non-hydrogen) atoms. The number of hydrogen-bond donors (Lipinski definition) is 0. The number of nitrogens with zero attached hydrogens (tertiary/aromatic N) is 3. The van der Waals surface area contributed by atoms with Crippen LogP contribution < -0.4 is 0 Å². The monoisotopic (exact) mass is 585 g/mol. The summed E-state index contributed by atoms with van der Waals surface area (Å²) < 4.78 is 0. The molecule has 0 bridgehead atoms. The maximum Gasteiger partial charge on any atom is 0.0972 e. The van der Waals surface area contributed by atoms with E-state index in [-0.39, 0.29) is 0 Å². The Hall–Kier alpha value is -6.19. The SMILES string of the molecule is c1ccc(-c2cc(-c3ccccc3)c3c(ccc4cc(-c5ccc(-c6ccc7ccc8cccnc8c7n6)cc5)ccc43)n2)cc1. The minimum atomic E-state index is 0.932. The van der Waals surface area contributed by atoms with Crippen LogP contribution in [-0.4, -0.2) is 15.0 Å². The highest BCUT2D eigenvalue weighted by Crippen LogP contribution is 2.38. The topological polar surface area (TPSA) is 38.7 Å². The molecule has 0 aliphatic heterocycles. The molecule has 0 aliphatic rings. The molecule has 3 nitrogen and oxygen atoms in total. The third kappa shape index (κ3) is 4.49. The lowest BCUT2D eigenvalue weighted by Crippen LogP contribution is -1.91. The first kappa shape index (κ1) is 26.2. The van der Waals surface area contributed by atoms with Crippen LogP contribution in [0.1, 0.15) is 0 Å². The molecule has 9 rings (SSSR count). The molecular weight excluding hydrogens is 558 g/mol. The first-order chi connectivity index (χ1) is 22.8. The van der Waals surface area contributed by atoms with Crippen molar-refractivity contribution < 1.29 is 0 Å². The van der Waals surface area contributed by atoms with Crippen molar-refractivity contribution in [1.29, 1.82) is 0 Å². The van der Waals surface area contributed by atoms with Crippen LogP contribution in [0.4, 0.5) is 0 Å². The minimum Gasteiger partial charge on any atom is -0.254 e. The third-order valence-electron chi connectivity index (χ3n) is 8.89. The van der Waals surface area contributed by atoms with Gasteiger partial charge in [-0.3, -0.25) is 4.98 Å². The van der Waals surface area contributed by atoms with E-state index in [4.69, 9.17) is 9.97 Å². The van der Waals surface area contributed by atoms with Crippen molar-refractivity contribution in [2.24, 2.45) is 0 Å². The van der Waals surface area contributed by atoms with Gasteiger partial charge < -0.3 is 0 Å². The smallest absolute Gasteiger partial charge is 0.0972 e. The van der Waals surface area contributed by atoms with Gasteiger partial charge in [0.05, 0.1) is 27.9 Å². The van der Waals surface area contributed by atoms with Crippen molar-refractivity contribution in [2.45, 2.75) is 0 Å². The Morgan fingerprint density at radius 3 is 1.83 bits per heavy atom. The maximum atomic E-state index is 5.13. The maximum absolute atomic E-state index is 5.13. The van der Waals surface area contributed by atoms with E-state index in [9.17, 15) is 0 Å². The number of hydrogen-bond acceptors (Lipinski definition) is 3. The molecule has 0 radical (unpaired) electrons. The van der Waals surface area contributed by atoms with Crippen molar-refractivity contribution in [2.75, 3.05) is 0 Å².